The Kier molecular flexibility index (Phi) is 5.55. The van der Waals surface area contributed by atoms with Crippen molar-refractivity contribution in [3.05, 3.63) is 66.2 Å². The van der Waals surface area contributed by atoms with Gasteiger partial charge >= 0.3 is 0 Å². The lowest BCUT2D eigenvalue weighted by Crippen LogP contribution is -2.39. The first-order valence-corrected chi connectivity index (χ1v) is 9.09. The van der Waals surface area contributed by atoms with Crippen LogP contribution in [0.4, 0.5) is 0 Å². The van der Waals surface area contributed by atoms with Crippen LogP contribution in [0.3, 0.4) is 0 Å². The Morgan fingerprint density at radius 2 is 1.48 bits per heavy atom. The second kappa shape index (κ2) is 7.42. The lowest BCUT2D eigenvalue weighted by molar-refractivity contribution is -0.120. The minimum absolute atomic E-state index is 0.117. The molecule has 2 aromatic carbocycles. The summed E-state index contributed by atoms with van der Waals surface area (Å²) in [5.41, 5.74) is 1.10. The second-order valence-electron chi connectivity index (χ2n) is 5.56. The van der Waals surface area contributed by atoms with Gasteiger partial charge in [-0.1, -0.05) is 55.5 Å². The van der Waals surface area contributed by atoms with Crippen LogP contribution >= 0.6 is 0 Å². The zero-order valence-electron chi connectivity index (χ0n) is 13.3. The first kappa shape index (κ1) is 17.2. The molecule has 0 aliphatic heterocycles. The van der Waals surface area contributed by atoms with Crippen LogP contribution in [-0.2, 0) is 14.6 Å². The monoisotopic (exact) mass is 331 g/mol. The summed E-state index contributed by atoms with van der Waals surface area (Å²) in [6.45, 7) is 3.81. The van der Waals surface area contributed by atoms with Crippen LogP contribution in [0, 0.1) is 0 Å². The van der Waals surface area contributed by atoms with Crippen molar-refractivity contribution in [2.75, 3.05) is 6.54 Å². The van der Waals surface area contributed by atoms with E-state index in [-0.39, 0.29) is 10.8 Å². The zero-order chi connectivity index (χ0) is 16.9. The number of amides is 1. The number of hydrogen-bond donors (Lipinski definition) is 1. The van der Waals surface area contributed by atoms with Gasteiger partial charge in [0.1, 0.15) is 5.25 Å². The van der Waals surface area contributed by atoms with Crippen LogP contribution in [0.1, 0.15) is 25.3 Å². The largest absolute Gasteiger partial charge is 0.354 e. The van der Waals surface area contributed by atoms with Crippen LogP contribution in [0.15, 0.2) is 65.6 Å². The fraction of sp³-hybridized carbons (Fsp3) is 0.278. The highest BCUT2D eigenvalue weighted by Crippen LogP contribution is 2.17. The molecule has 23 heavy (non-hydrogen) atoms. The molecule has 1 N–H and O–H groups in total. The van der Waals surface area contributed by atoms with Crippen LogP contribution in [0.25, 0.3) is 0 Å². The maximum atomic E-state index is 12.4. The molecular weight excluding hydrogens is 310 g/mol. The Bertz CT molecular complexity index is 742. The molecule has 0 fully saturated rings. The van der Waals surface area contributed by atoms with Crippen molar-refractivity contribution in [3.8, 4) is 0 Å². The summed E-state index contributed by atoms with van der Waals surface area (Å²) in [7, 11) is -3.66. The van der Waals surface area contributed by atoms with E-state index in [1.54, 1.807) is 18.2 Å². The van der Waals surface area contributed by atoms with Crippen molar-refractivity contribution in [1.29, 1.82) is 0 Å². The lowest BCUT2D eigenvalue weighted by Gasteiger charge is -2.16. The highest BCUT2D eigenvalue weighted by atomic mass is 32.2. The van der Waals surface area contributed by atoms with Gasteiger partial charge in [-0.05, 0) is 30.5 Å². The van der Waals surface area contributed by atoms with Crippen molar-refractivity contribution in [2.24, 2.45) is 0 Å². The maximum Gasteiger partial charge on any atom is 0.238 e. The summed E-state index contributed by atoms with van der Waals surface area (Å²) in [6.07, 6.45) is 0. The molecule has 0 saturated carbocycles. The summed E-state index contributed by atoms with van der Waals surface area (Å²) in [5, 5.41) is 1.62. The SMILES string of the molecule is CC(CNC(=O)C(C)S(=O)(=O)c1ccccc1)c1ccccc1. The van der Waals surface area contributed by atoms with E-state index in [0.29, 0.717) is 6.54 Å². The number of carbonyl (C=O) groups excluding carboxylic acids is 1. The Hall–Kier alpha value is -2.14. The minimum Gasteiger partial charge on any atom is -0.354 e. The third kappa shape index (κ3) is 4.20. The van der Waals surface area contributed by atoms with Gasteiger partial charge < -0.3 is 5.32 Å². The van der Waals surface area contributed by atoms with Crippen molar-refractivity contribution >= 4 is 15.7 Å². The van der Waals surface area contributed by atoms with Crippen LogP contribution in [-0.4, -0.2) is 26.1 Å². The molecule has 2 rings (SSSR count). The summed E-state index contributed by atoms with van der Waals surface area (Å²) in [4.78, 5) is 12.4. The summed E-state index contributed by atoms with van der Waals surface area (Å²) in [5.74, 6) is -0.358. The molecule has 0 aromatic heterocycles. The highest BCUT2D eigenvalue weighted by molar-refractivity contribution is 7.92. The lowest BCUT2D eigenvalue weighted by atomic mass is 10.0. The first-order valence-electron chi connectivity index (χ1n) is 7.54. The smallest absolute Gasteiger partial charge is 0.238 e. The summed E-state index contributed by atoms with van der Waals surface area (Å²) >= 11 is 0. The average Bonchev–Trinajstić information content (AvgIpc) is 2.60. The molecule has 0 radical (unpaired) electrons. The summed E-state index contributed by atoms with van der Waals surface area (Å²) in [6, 6.07) is 17.8. The number of carbonyl (C=O) groups is 1. The van der Waals surface area contributed by atoms with Crippen LogP contribution in [0.5, 0.6) is 0 Å². The van der Waals surface area contributed by atoms with Gasteiger partial charge in [-0.25, -0.2) is 8.42 Å². The first-order chi connectivity index (χ1) is 10.9. The summed E-state index contributed by atoms with van der Waals surface area (Å²) < 4.78 is 24.9. The molecule has 5 heteroatoms. The molecule has 1 amide bonds. The van der Waals surface area contributed by atoms with Gasteiger partial charge in [0.05, 0.1) is 4.90 Å². The van der Waals surface area contributed by atoms with Gasteiger partial charge in [-0.15, -0.1) is 0 Å². The molecule has 2 atom stereocenters. The number of hydrogen-bond acceptors (Lipinski definition) is 3. The van der Waals surface area contributed by atoms with E-state index in [9.17, 15) is 13.2 Å². The molecule has 122 valence electrons. The maximum absolute atomic E-state index is 12.4. The number of nitrogens with one attached hydrogen (secondary N) is 1. The van der Waals surface area contributed by atoms with Crippen molar-refractivity contribution in [3.63, 3.8) is 0 Å². The molecule has 2 aromatic rings. The molecule has 4 nitrogen and oxygen atoms in total. The molecule has 2 unspecified atom stereocenters. The minimum atomic E-state index is -3.66. The normalized spacial score (nSPS) is 14.0. The number of rotatable bonds is 6. The van der Waals surface area contributed by atoms with Gasteiger partial charge in [0, 0.05) is 6.54 Å². The van der Waals surface area contributed by atoms with E-state index < -0.39 is 21.0 Å². The third-order valence-electron chi connectivity index (χ3n) is 3.86. The molecule has 0 heterocycles. The van der Waals surface area contributed by atoms with Gasteiger partial charge in [0.25, 0.3) is 0 Å². The molecule has 0 saturated heterocycles. The topological polar surface area (TPSA) is 63.2 Å². The Morgan fingerprint density at radius 1 is 0.957 bits per heavy atom. The predicted molar refractivity (Wildman–Crippen MR) is 91.0 cm³/mol. The second-order valence-corrected chi connectivity index (χ2v) is 7.83. The molecule has 0 aliphatic carbocycles. The standard InChI is InChI=1S/C18H21NO3S/c1-14(16-9-5-3-6-10-16)13-19-18(20)15(2)23(21,22)17-11-7-4-8-12-17/h3-12,14-15H,13H2,1-2H3,(H,19,20). The quantitative estimate of drug-likeness (QED) is 0.885. The van der Waals surface area contributed by atoms with Crippen molar-refractivity contribution in [2.45, 2.75) is 29.9 Å². The Morgan fingerprint density at radius 3 is 2.04 bits per heavy atom. The molecule has 0 bridgehead atoms. The number of sulfone groups is 1. The number of benzene rings is 2. The van der Waals surface area contributed by atoms with Gasteiger partial charge in [0.2, 0.25) is 5.91 Å². The van der Waals surface area contributed by atoms with Crippen molar-refractivity contribution < 1.29 is 13.2 Å². The van der Waals surface area contributed by atoms with E-state index in [2.05, 4.69) is 5.32 Å². The Balaban J connectivity index is 2.00. The molecular formula is C18H21NO3S. The fourth-order valence-electron chi connectivity index (χ4n) is 2.25. The van der Waals surface area contributed by atoms with E-state index in [0.717, 1.165) is 5.56 Å². The van der Waals surface area contributed by atoms with Gasteiger partial charge in [0.15, 0.2) is 9.84 Å². The van der Waals surface area contributed by atoms with Gasteiger partial charge in [-0.3, -0.25) is 4.79 Å². The Labute approximate surface area is 137 Å². The average molecular weight is 331 g/mol. The van der Waals surface area contributed by atoms with E-state index >= 15 is 0 Å². The van der Waals surface area contributed by atoms with Crippen LogP contribution < -0.4 is 5.32 Å². The zero-order valence-corrected chi connectivity index (χ0v) is 14.1. The van der Waals surface area contributed by atoms with E-state index in [1.807, 2.05) is 37.3 Å². The predicted octanol–water partition coefficient (Wildman–Crippen LogP) is 2.77. The van der Waals surface area contributed by atoms with Gasteiger partial charge in [-0.2, -0.15) is 0 Å². The van der Waals surface area contributed by atoms with Crippen molar-refractivity contribution in [1.82, 2.24) is 5.32 Å². The molecule has 0 spiro atoms. The molecule has 0 aliphatic rings. The van der Waals surface area contributed by atoms with E-state index in [1.165, 1.54) is 19.1 Å². The van der Waals surface area contributed by atoms with E-state index in [4.69, 9.17) is 0 Å². The van der Waals surface area contributed by atoms with Crippen LogP contribution in [0.2, 0.25) is 0 Å². The third-order valence-corrected chi connectivity index (χ3v) is 5.93. The fourth-order valence-corrected chi connectivity index (χ4v) is 3.56. The highest BCUT2D eigenvalue weighted by Gasteiger charge is 2.29.